The molecule has 0 aliphatic carbocycles. The molecule has 2 saturated heterocycles. The zero-order valence-corrected chi connectivity index (χ0v) is 18.1. The summed E-state index contributed by atoms with van der Waals surface area (Å²) >= 11 is 7.05. The van der Waals surface area contributed by atoms with Gasteiger partial charge in [0.05, 0.1) is 17.0 Å². The van der Waals surface area contributed by atoms with E-state index < -0.39 is 11.1 Å². The van der Waals surface area contributed by atoms with E-state index in [9.17, 15) is 14.4 Å². The van der Waals surface area contributed by atoms with E-state index in [4.69, 9.17) is 27.5 Å². The van der Waals surface area contributed by atoms with Gasteiger partial charge in [-0.05, 0) is 54.8 Å². The number of likely N-dealkylation sites (tertiary alicyclic amines) is 1. The summed E-state index contributed by atoms with van der Waals surface area (Å²) in [6.45, 7) is 1.11. The Balaban J connectivity index is 1.77. The molecule has 0 N–H and O–H groups in total. The summed E-state index contributed by atoms with van der Waals surface area (Å²) in [7, 11) is 1.46. The minimum Gasteiger partial charge on any atom is -0.493 e. The number of imide groups is 1. The van der Waals surface area contributed by atoms with Crippen LogP contribution in [0.15, 0.2) is 17.0 Å². The standard InChI is InChI=1S/C21H21ClN2O5S/c1-3-9-29-19-15(22)10-14(11-16(19)28-2)12-17-20(26)24(21(27)30-17)13-18(25)23-7-5-4-6-8-23/h1,10-12H,4-9,13H2,2H3/b17-12-. The molecule has 158 valence electrons. The van der Waals surface area contributed by atoms with Gasteiger partial charge in [0, 0.05) is 13.1 Å². The molecule has 1 aromatic carbocycles. The summed E-state index contributed by atoms with van der Waals surface area (Å²) in [5, 5.41) is -0.209. The quantitative estimate of drug-likeness (QED) is 0.490. The van der Waals surface area contributed by atoms with Crippen LogP contribution < -0.4 is 9.47 Å². The average molecular weight is 449 g/mol. The Morgan fingerprint density at radius 2 is 2.03 bits per heavy atom. The van der Waals surface area contributed by atoms with Crippen LogP contribution in [0.1, 0.15) is 24.8 Å². The van der Waals surface area contributed by atoms with E-state index in [1.807, 2.05) is 0 Å². The third-order valence-corrected chi connectivity index (χ3v) is 5.91. The highest BCUT2D eigenvalue weighted by atomic mass is 35.5. The van der Waals surface area contributed by atoms with Gasteiger partial charge < -0.3 is 14.4 Å². The smallest absolute Gasteiger partial charge is 0.294 e. The molecule has 9 heteroatoms. The zero-order chi connectivity index (χ0) is 21.7. The number of thioether (sulfide) groups is 1. The monoisotopic (exact) mass is 448 g/mol. The van der Waals surface area contributed by atoms with E-state index in [1.165, 1.54) is 13.2 Å². The molecule has 3 amide bonds. The number of hydrogen-bond donors (Lipinski definition) is 0. The van der Waals surface area contributed by atoms with Gasteiger partial charge in [-0.2, -0.15) is 0 Å². The topological polar surface area (TPSA) is 76.2 Å². The molecule has 0 atom stereocenters. The Morgan fingerprint density at radius 3 is 2.70 bits per heavy atom. The fourth-order valence-corrected chi connectivity index (χ4v) is 4.36. The molecule has 2 aliphatic heterocycles. The van der Waals surface area contributed by atoms with E-state index in [0.29, 0.717) is 30.2 Å². The first-order valence-corrected chi connectivity index (χ1v) is 10.6. The predicted molar refractivity (Wildman–Crippen MR) is 115 cm³/mol. The molecule has 3 rings (SSSR count). The van der Waals surface area contributed by atoms with Crippen molar-refractivity contribution in [2.24, 2.45) is 0 Å². The first-order chi connectivity index (χ1) is 14.4. The van der Waals surface area contributed by atoms with Crippen molar-refractivity contribution in [1.82, 2.24) is 9.80 Å². The molecule has 0 unspecified atom stereocenters. The molecule has 0 bridgehead atoms. The van der Waals surface area contributed by atoms with Gasteiger partial charge in [-0.3, -0.25) is 19.3 Å². The van der Waals surface area contributed by atoms with Gasteiger partial charge in [-0.15, -0.1) is 6.42 Å². The molecule has 0 aromatic heterocycles. The van der Waals surface area contributed by atoms with Gasteiger partial charge in [-0.25, -0.2) is 0 Å². The molecule has 2 aliphatic rings. The Kier molecular flexibility index (Phi) is 7.29. The lowest BCUT2D eigenvalue weighted by Crippen LogP contribution is -2.44. The highest BCUT2D eigenvalue weighted by Gasteiger charge is 2.37. The van der Waals surface area contributed by atoms with Crippen LogP contribution in [-0.2, 0) is 9.59 Å². The van der Waals surface area contributed by atoms with Crippen molar-refractivity contribution in [3.05, 3.63) is 27.6 Å². The summed E-state index contributed by atoms with van der Waals surface area (Å²) in [6, 6.07) is 3.22. The van der Waals surface area contributed by atoms with Crippen LogP contribution >= 0.6 is 23.4 Å². The molecule has 7 nitrogen and oxygen atoms in total. The van der Waals surface area contributed by atoms with E-state index in [1.54, 1.807) is 17.0 Å². The summed E-state index contributed by atoms with van der Waals surface area (Å²) in [5.74, 6) is 2.29. The number of terminal acetylenes is 1. The highest BCUT2D eigenvalue weighted by molar-refractivity contribution is 8.18. The van der Waals surface area contributed by atoms with E-state index in [2.05, 4.69) is 5.92 Å². The van der Waals surface area contributed by atoms with Gasteiger partial charge >= 0.3 is 0 Å². The van der Waals surface area contributed by atoms with Gasteiger partial charge in [0.25, 0.3) is 11.1 Å². The Labute approximate surface area is 184 Å². The number of ether oxygens (including phenoxy) is 2. The lowest BCUT2D eigenvalue weighted by atomic mass is 10.1. The maximum atomic E-state index is 12.7. The molecule has 0 spiro atoms. The predicted octanol–water partition coefficient (Wildman–Crippen LogP) is 3.41. The number of halogens is 1. The molecule has 2 fully saturated rings. The Bertz CT molecular complexity index is 934. The number of piperidine rings is 1. The number of carbonyl (C=O) groups is 3. The third-order valence-electron chi connectivity index (χ3n) is 4.73. The fraction of sp³-hybridized carbons (Fsp3) is 0.381. The number of hydrogen-bond acceptors (Lipinski definition) is 6. The van der Waals surface area contributed by atoms with Crippen molar-refractivity contribution in [2.45, 2.75) is 19.3 Å². The van der Waals surface area contributed by atoms with E-state index in [0.717, 1.165) is 35.9 Å². The Morgan fingerprint density at radius 1 is 1.30 bits per heavy atom. The van der Waals surface area contributed by atoms with Gasteiger partial charge in [-0.1, -0.05) is 17.5 Å². The lowest BCUT2D eigenvalue weighted by Gasteiger charge is -2.27. The van der Waals surface area contributed by atoms with Crippen LogP contribution in [-0.4, -0.2) is 60.2 Å². The first kappa shape index (κ1) is 22.1. The van der Waals surface area contributed by atoms with Gasteiger partial charge in [0.2, 0.25) is 5.91 Å². The number of methoxy groups -OCH3 is 1. The minimum atomic E-state index is -0.502. The largest absolute Gasteiger partial charge is 0.493 e. The molecule has 2 heterocycles. The number of nitrogens with zero attached hydrogens (tertiary/aromatic N) is 2. The molecule has 30 heavy (non-hydrogen) atoms. The lowest BCUT2D eigenvalue weighted by molar-refractivity contribution is -0.136. The van der Waals surface area contributed by atoms with Gasteiger partial charge in [0.15, 0.2) is 11.5 Å². The van der Waals surface area contributed by atoms with Crippen molar-refractivity contribution >= 4 is 46.5 Å². The second kappa shape index (κ2) is 9.92. The van der Waals surface area contributed by atoms with Gasteiger partial charge in [0.1, 0.15) is 13.2 Å². The fourth-order valence-electron chi connectivity index (χ4n) is 3.24. The minimum absolute atomic E-state index is 0.0271. The third kappa shape index (κ3) is 4.91. The SMILES string of the molecule is C#CCOc1c(Cl)cc(/C=C2\SC(=O)N(CC(=O)N3CCCCC3)C2=O)cc1OC. The maximum Gasteiger partial charge on any atom is 0.294 e. The normalized spacial score (nSPS) is 18.0. The zero-order valence-electron chi connectivity index (χ0n) is 16.5. The second-order valence-corrected chi connectivity index (χ2v) is 8.14. The van der Waals surface area contributed by atoms with Crippen LogP contribution in [0.2, 0.25) is 5.02 Å². The van der Waals surface area contributed by atoms with Crippen LogP contribution in [0.5, 0.6) is 11.5 Å². The molecule has 0 radical (unpaired) electrons. The molecular formula is C21H21ClN2O5S. The summed E-state index contributed by atoms with van der Waals surface area (Å²) in [6.07, 6.45) is 9.72. The Hall–Kier alpha value is -2.63. The van der Waals surface area contributed by atoms with Crippen molar-refractivity contribution in [3.8, 4) is 23.8 Å². The highest BCUT2D eigenvalue weighted by Crippen LogP contribution is 2.39. The van der Waals surface area contributed by atoms with E-state index in [-0.39, 0.29) is 29.0 Å². The van der Waals surface area contributed by atoms with Crippen LogP contribution in [0.25, 0.3) is 6.08 Å². The maximum absolute atomic E-state index is 12.7. The summed E-state index contributed by atoms with van der Waals surface area (Å²) in [5.41, 5.74) is 0.553. The number of amides is 3. The summed E-state index contributed by atoms with van der Waals surface area (Å²) in [4.78, 5) is 40.4. The van der Waals surface area contributed by atoms with Crippen LogP contribution in [0.3, 0.4) is 0 Å². The number of rotatable bonds is 6. The van der Waals surface area contributed by atoms with Crippen molar-refractivity contribution in [2.75, 3.05) is 33.4 Å². The van der Waals surface area contributed by atoms with Crippen molar-refractivity contribution in [3.63, 3.8) is 0 Å². The van der Waals surface area contributed by atoms with Crippen molar-refractivity contribution in [1.29, 1.82) is 0 Å². The van der Waals surface area contributed by atoms with Crippen molar-refractivity contribution < 1.29 is 23.9 Å². The molecule has 0 saturated carbocycles. The summed E-state index contributed by atoms with van der Waals surface area (Å²) < 4.78 is 10.7. The number of benzene rings is 1. The first-order valence-electron chi connectivity index (χ1n) is 9.41. The molecular weight excluding hydrogens is 428 g/mol. The van der Waals surface area contributed by atoms with Crippen LogP contribution in [0, 0.1) is 12.3 Å². The number of carbonyl (C=O) groups excluding carboxylic acids is 3. The van der Waals surface area contributed by atoms with Crippen LogP contribution in [0.4, 0.5) is 4.79 Å². The average Bonchev–Trinajstić information content (AvgIpc) is 3.00. The van der Waals surface area contributed by atoms with E-state index >= 15 is 0 Å². The second-order valence-electron chi connectivity index (χ2n) is 6.74. The molecule has 1 aromatic rings.